The van der Waals surface area contributed by atoms with Crippen LogP contribution in [-0.2, 0) is 11.0 Å². The highest BCUT2D eigenvalue weighted by Gasteiger charge is 2.33. The molecule has 0 fully saturated rings. The van der Waals surface area contributed by atoms with Gasteiger partial charge in [0.25, 0.3) is 0 Å². The molecule has 1 amide bonds. The summed E-state index contributed by atoms with van der Waals surface area (Å²) in [5.74, 6) is -0.147. The van der Waals surface area contributed by atoms with Gasteiger partial charge in [-0.05, 0) is 42.3 Å². The van der Waals surface area contributed by atoms with Gasteiger partial charge in [0.1, 0.15) is 5.52 Å². The minimum Gasteiger partial charge on any atom is -0.326 e. The minimum atomic E-state index is -4.49. The van der Waals surface area contributed by atoms with E-state index in [0.29, 0.717) is 17.1 Å². The van der Waals surface area contributed by atoms with Gasteiger partial charge in [0.15, 0.2) is 0 Å². The number of para-hydroxylation sites is 1. The normalized spacial score (nSPS) is 11.5. The fraction of sp³-hybridized carbons (Fsp3) is 0.125. The van der Waals surface area contributed by atoms with E-state index in [2.05, 4.69) is 15.3 Å². The van der Waals surface area contributed by atoms with Crippen LogP contribution >= 0.6 is 0 Å². The number of carbonyl (C=O) groups is 1. The number of alkyl halides is 3. The van der Waals surface area contributed by atoms with Crippen molar-refractivity contribution >= 4 is 22.6 Å². The van der Waals surface area contributed by atoms with Crippen LogP contribution in [-0.4, -0.2) is 15.9 Å². The van der Waals surface area contributed by atoms with Crippen LogP contribution < -0.4 is 5.32 Å². The Kier molecular flexibility index (Phi) is 5.19. The standard InChI is InChI=1S/C24H18F3N3O/c1-14-22(30-21-8-4-7-20(23(21)28-14)24(25,26)27)17-11-9-16(10-12-17)18-5-3-6-19(13-18)29-15(2)31/h3-13H,1-2H3,(H,29,31). The highest BCUT2D eigenvalue weighted by Crippen LogP contribution is 2.35. The Hall–Kier alpha value is -3.74. The molecule has 0 saturated heterocycles. The van der Waals surface area contributed by atoms with Gasteiger partial charge in [-0.25, -0.2) is 9.97 Å². The first-order chi connectivity index (χ1) is 14.7. The molecule has 0 aliphatic heterocycles. The Morgan fingerprint density at radius 1 is 0.871 bits per heavy atom. The molecule has 7 heteroatoms. The molecule has 3 aromatic carbocycles. The van der Waals surface area contributed by atoms with Gasteiger partial charge in [-0.3, -0.25) is 4.79 Å². The highest BCUT2D eigenvalue weighted by atomic mass is 19.4. The number of rotatable bonds is 3. The highest BCUT2D eigenvalue weighted by molar-refractivity contribution is 5.89. The molecule has 1 N–H and O–H groups in total. The van der Waals surface area contributed by atoms with Crippen LogP contribution in [0, 0.1) is 6.92 Å². The lowest BCUT2D eigenvalue weighted by Crippen LogP contribution is -2.08. The van der Waals surface area contributed by atoms with E-state index in [0.717, 1.165) is 22.8 Å². The first-order valence-electron chi connectivity index (χ1n) is 9.55. The van der Waals surface area contributed by atoms with Crippen LogP contribution in [0.2, 0.25) is 0 Å². The van der Waals surface area contributed by atoms with E-state index < -0.39 is 11.7 Å². The minimum absolute atomic E-state index is 0.147. The van der Waals surface area contributed by atoms with Crippen molar-refractivity contribution in [1.29, 1.82) is 0 Å². The van der Waals surface area contributed by atoms with E-state index in [1.54, 1.807) is 6.92 Å². The van der Waals surface area contributed by atoms with Gasteiger partial charge < -0.3 is 5.32 Å². The summed E-state index contributed by atoms with van der Waals surface area (Å²) in [6, 6.07) is 18.9. The predicted octanol–water partition coefficient (Wildman–Crippen LogP) is 6.25. The van der Waals surface area contributed by atoms with Crippen molar-refractivity contribution in [2.75, 3.05) is 5.32 Å². The topological polar surface area (TPSA) is 54.9 Å². The van der Waals surface area contributed by atoms with Gasteiger partial charge in [-0.1, -0.05) is 42.5 Å². The third-order valence-electron chi connectivity index (χ3n) is 4.85. The van der Waals surface area contributed by atoms with E-state index in [4.69, 9.17) is 0 Å². The maximum Gasteiger partial charge on any atom is 0.418 e. The zero-order valence-electron chi connectivity index (χ0n) is 16.8. The number of nitrogens with one attached hydrogen (secondary N) is 1. The van der Waals surface area contributed by atoms with Crippen LogP contribution in [0.4, 0.5) is 18.9 Å². The number of anilines is 1. The van der Waals surface area contributed by atoms with Crippen molar-refractivity contribution in [3.05, 3.63) is 78.0 Å². The molecule has 1 heterocycles. The van der Waals surface area contributed by atoms with Crippen molar-refractivity contribution in [1.82, 2.24) is 9.97 Å². The van der Waals surface area contributed by atoms with Gasteiger partial charge in [0.05, 0.1) is 22.5 Å². The maximum absolute atomic E-state index is 13.3. The largest absolute Gasteiger partial charge is 0.418 e. The van der Waals surface area contributed by atoms with Gasteiger partial charge in [-0.2, -0.15) is 13.2 Å². The fourth-order valence-corrected chi connectivity index (χ4v) is 3.46. The third-order valence-corrected chi connectivity index (χ3v) is 4.85. The smallest absolute Gasteiger partial charge is 0.326 e. The number of hydrogen-bond acceptors (Lipinski definition) is 3. The van der Waals surface area contributed by atoms with Crippen LogP contribution in [0.25, 0.3) is 33.4 Å². The van der Waals surface area contributed by atoms with Crippen molar-refractivity contribution in [3.8, 4) is 22.4 Å². The molecule has 0 radical (unpaired) electrons. The third kappa shape index (κ3) is 4.26. The molecule has 4 nitrogen and oxygen atoms in total. The van der Waals surface area contributed by atoms with E-state index in [1.807, 2.05) is 48.5 Å². The average molecular weight is 421 g/mol. The van der Waals surface area contributed by atoms with Crippen molar-refractivity contribution in [2.24, 2.45) is 0 Å². The summed E-state index contributed by atoms with van der Waals surface area (Å²) in [5.41, 5.74) is 3.52. The molecule has 4 aromatic rings. The molecular formula is C24H18F3N3O. The van der Waals surface area contributed by atoms with Crippen LogP contribution in [0.1, 0.15) is 18.2 Å². The SMILES string of the molecule is CC(=O)Nc1cccc(-c2ccc(-c3nc4cccc(C(F)(F)F)c4nc3C)cc2)c1. The molecular weight excluding hydrogens is 403 g/mol. The number of aromatic nitrogens is 2. The number of nitrogens with zero attached hydrogens (tertiary/aromatic N) is 2. The van der Waals surface area contributed by atoms with E-state index in [-0.39, 0.29) is 16.9 Å². The zero-order valence-corrected chi connectivity index (χ0v) is 16.8. The predicted molar refractivity (Wildman–Crippen MR) is 114 cm³/mol. The molecule has 0 aliphatic carbocycles. The number of amides is 1. The number of aryl methyl sites for hydroxylation is 1. The van der Waals surface area contributed by atoms with Gasteiger partial charge >= 0.3 is 6.18 Å². The summed E-state index contributed by atoms with van der Waals surface area (Å²) in [4.78, 5) is 20.0. The maximum atomic E-state index is 13.3. The number of benzene rings is 3. The van der Waals surface area contributed by atoms with Crippen molar-refractivity contribution < 1.29 is 18.0 Å². The first kappa shape index (κ1) is 20.5. The summed E-state index contributed by atoms with van der Waals surface area (Å²) >= 11 is 0. The van der Waals surface area contributed by atoms with Crippen LogP contribution in [0.3, 0.4) is 0 Å². The second-order valence-corrected chi connectivity index (χ2v) is 7.17. The summed E-state index contributed by atoms with van der Waals surface area (Å²) in [7, 11) is 0. The first-order valence-corrected chi connectivity index (χ1v) is 9.55. The number of fused-ring (bicyclic) bond motifs is 1. The monoisotopic (exact) mass is 421 g/mol. The Labute approximate surface area is 176 Å². The van der Waals surface area contributed by atoms with Gasteiger partial charge in [-0.15, -0.1) is 0 Å². The quantitative estimate of drug-likeness (QED) is 0.425. The summed E-state index contributed by atoms with van der Waals surface area (Å²) in [6.45, 7) is 3.10. The second kappa shape index (κ2) is 7.83. The van der Waals surface area contributed by atoms with E-state index >= 15 is 0 Å². The van der Waals surface area contributed by atoms with E-state index in [1.165, 1.54) is 19.1 Å². The van der Waals surface area contributed by atoms with Crippen molar-refractivity contribution in [3.63, 3.8) is 0 Å². The Morgan fingerprint density at radius 3 is 2.23 bits per heavy atom. The summed E-state index contributed by atoms with van der Waals surface area (Å²) in [6.07, 6.45) is -4.49. The molecule has 0 spiro atoms. The molecule has 156 valence electrons. The zero-order chi connectivity index (χ0) is 22.2. The summed E-state index contributed by atoms with van der Waals surface area (Å²) < 4.78 is 39.9. The lowest BCUT2D eigenvalue weighted by molar-refractivity contribution is -0.136. The van der Waals surface area contributed by atoms with Crippen molar-refractivity contribution in [2.45, 2.75) is 20.0 Å². The van der Waals surface area contributed by atoms with Crippen LogP contribution in [0.5, 0.6) is 0 Å². The average Bonchev–Trinajstić information content (AvgIpc) is 2.72. The molecule has 0 atom stereocenters. The molecule has 0 aliphatic rings. The Balaban J connectivity index is 1.71. The number of carbonyl (C=O) groups excluding carboxylic acids is 1. The Bertz CT molecular complexity index is 1280. The Morgan fingerprint density at radius 2 is 1.55 bits per heavy atom. The molecule has 4 rings (SSSR count). The van der Waals surface area contributed by atoms with E-state index in [9.17, 15) is 18.0 Å². The molecule has 31 heavy (non-hydrogen) atoms. The lowest BCUT2D eigenvalue weighted by atomic mass is 10.0. The molecule has 0 unspecified atom stereocenters. The lowest BCUT2D eigenvalue weighted by Gasteiger charge is -2.12. The molecule has 1 aromatic heterocycles. The van der Waals surface area contributed by atoms with Gasteiger partial charge in [0, 0.05) is 18.2 Å². The fourth-order valence-electron chi connectivity index (χ4n) is 3.46. The van der Waals surface area contributed by atoms with Crippen LogP contribution in [0.15, 0.2) is 66.7 Å². The molecule has 0 bridgehead atoms. The number of halogens is 3. The second-order valence-electron chi connectivity index (χ2n) is 7.17. The summed E-state index contributed by atoms with van der Waals surface area (Å²) in [5, 5.41) is 2.75. The van der Waals surface area contributed by atoms with Gasteiger partial charge in [0.2, 0.25) is 5.91 Å². The number of hydrogen-bond donors (Lipinski definition) is 1. The molecule has 0 saturated carbocycles.